The van der Waals surface area contributed by atoms with Gasteiger partial charge in [0.15, 0.2) is 0 Å². The van der Waals surface area contributed by atoms with Crippen molar-refractivity contribution in [3.8, 4) is 11.1 Å². The van der Waals surface area contributed by atoms with Crippen LogP contribution in [0.2, 0.25) is 0 Å². The van der Waals surface area contributed by atoms with Gasteiger partial charge in [0.05, 0.1) is 10.9 Å². The Morgan fingerprint density at radius 2 is 2.00 bits per heavy atom. The van der Waals surface area contributed by atoms with Crippen molar-refractivity contribution in [1.82, 2.24) is 9.55 Å². The SMILES string of the molecule is O=c1c2ccc(-c3cccc(F)c3)cc2nc2n1CCC(CO)CC2. The Labute approximate surface area is 144 Å². The summed E-state index contributed by atoms with van der Waals surface area (Å²) in [5.41, 5.74) is 2.20. The van der Waals surface area contributed by atoms with E-state index in [1.54, 1.807) is 16.7 Å². The summed E-state index contributed by atoms with van der Waals surface area (Å²) in [6.07, 6.45) is 2.30. The molecular weight excluding hydrogens is 319 g/mol. The van der Waals surface area contributed by atoms with E-state index in [0.29, 0.717) is 23.9 Å². The highest BCUT2D eigenvalue weighted by Crippen LogP contribution is 2.24. The standard InChI is InChI=1S/C20H19FN2O2/c21-16-3-1-2-14(10-16)15-5-6-17-18(11-15)22-19-7-4-13(12-24)8-9-23(19)20(17)25/h1-3,5-6,10-11,13,24H,4,7-9,12H2. The molecule has 0 saturated carbocycles. The van der Waals surface area contributed by atoms with Gasteiger partial charge in [-0.3, -0.25) is 9.36 Å². The third-order valence-electron chi connectivity index (χ3n) is 4.99. The number of rotatable bonds is 2. The Morgan fingerprint density at radius 1 is 1.16 bits per heavy atom. The maximum Gasteiger partial charge on any atom is 0.261 e. The van der Waals surface area contributed by atoms with Gasteiger partial charge >= 0.3 is 0 Å². The van der Waals surface area contributed by atoms with E-state index in [4.69, 9.17) is 4.98 Å². The Morgan fingerprint density at radius 3 is 2.80 bits per heavy atom. The highest BCUT2D eigenvalue weighted by atomic mass is 19.1. The molecule has 2 aromatic carbocycles. The van der Waals surface area contributed by atoms with Crippen LogP contribution in [0.1, 0.15) is 18.7 Å². The van der Waals surface area contributed by atoms with Gasteiger partial charge in [-0.1, -0.05) is 18.2 Å². The van der Waals surface area contributed by atoms with Crippen LogP contribution in [0.5, 0.6) is 0 Å². The fraction of sp³-hybridized carbons (Fsp3) is 0.300. The Hall–Kier alpha value is -2.53. The fourth-order valence-electron chi connectivity index (χ4n) is 3.51. The molecule has 1 aliphatic heterocycles. The molecule has 1 aromatic heterocycles. The van der Waals surface area contributed by atoms with Crippen LogP contribution in [0, 0.1) is 11.7 Å². The number of nitrogens with zero attached hydrogens (tertiary/aromatic N) is 2. The normalized spacial score (nSPS) is 17.3. The predicted octanol–water partition coefficient (Wildman–Crippen LogP) is 3.15. The summed E-state index contributed by atoms with van der Waals surface area (Å²) in [5, 5.41) is 9.98. The highest BCUT2D eigenvalue weighted by Gasteiger charge is 2.19. The van der Waals surface area contributed by atoms with Gasteiger partial charge in [0, 0.05) is 19.6 Å². The monoisotopic (exact) mass is 338 g/mol. The minimum Gasteiger partial charge on any atom is -0.396 e. The topological polar surface area (TPSA) is 55.1 Å². The number of aliphatic hydroxyl groups excluding tert-OH is 1. The summed E-state index contributed by atoms with van der Waals surface area (Å²) in [5.74, 6) is 0.694. The molecule has 1 aliphatic rings. The number of benzene rings is 2. The van der Waals surface area contributed by atoms with Crippen LogP contribution in [0.4, 0.5) is 4.39 Å². The van der Waals surface area contributed by atoms with E-state index in [1.165, 1.54) is 12.1 Å². The van der Waals surface area contributed by atoms with Crippen molar-refractivity contribution in [3.05, 3.63) is 64.5 Å². The second-order valence-electron chi connectivity index (χ2n) is 6.60. The molecule has 0 aliphatic carbocycles. The number of halogens is 1. The van der Waals surface area contributed by atoms with E-state index >= 15 is 0 Å². The van der Waals surface area contributed by atoms with Crippen LogP contribution in [0.3, 0.4) is 0 Å². The number of aliphatic hydroxyl groups is 1. The van der Waals surface area contributed by atoms with Crippen LogP contribution < -0.4 is 5.56 Å². The predicted molar refractivity (Wildman–Crippen MR) is 94.9 cm³/mol. The first-order chi connectivity index (χ1) is 12.2. The maximum atomic E-state index is 13.5. The summed E-state index contributed by atoms with van der Waals surface area (Å²) in [4.78, 5) is 17.5. The Kier molecular flexibility index (Phi) is 4.09. The first-order valence-corrected chi connectivity index (χ1v) is 8.56. The number of aryl methyl sites for hydroxylation is 1. The average Bonchev–Trinajstić information content (AvgIpc) is 2.84. The fourth-order valence-corrected chi connectivity index (χ4v) is 3.51. The van der Waals surface area contributed by atoms with Crippen molar-refractivity contribution in [2.24, 2.45) is 5.92 Å². The molecule has 0 spiro atoms. The van der Waals surface area contributed by atoms with Crippen molar-refractivity contribution < 1.29 is 9.50 Å². The number of aromatic nitrogens is 2. The molecule has 0 fully saturated rings. The lowest BCUT2D eigenvalue weighted by Crippen LogP contribution is -2.24. The first-order valence-electron chi connectivity index (χ1n) is 8.56. The van der Waals surface area contributed by atoms with Crippen molar-refractivity contribution in [2.45, 2.75) is 25.8 Å². The van der Waals surface area contributed by atoms with Gasteiger partial charge in [-0.05, 0) is 54.2 Å². The molecule has 5 heteroatoms. The molecule has 0 radical (unpaired) electrons. The van der Waals surface area contributed by atoms with E-state index in [2.05, 4.69) is 0 Å². The van der Waals surface area contributed by atoms with Crippen molar-refractivity contribution in [3.63, 3.8) is 0 Å². The average molecular weight is 338 g/mol. The smallest absolute Gasteiger partial charge is 0.261 e. The number of hydrogen-bond donors (Lipinski definition) is 1. The van der Waals surface area contributed by atoms with Gasteiger partial charge in [-0.2, -0.15) is 0 Å². The number of hydrogen-bond acceptors (Lipinski definition) is 3. The van der Waals surface area contributed by atoms with Crippen LogP contribution in [-0.4, -0.2) is 21.3 Å². The molecule has 3 aromatic rings. The molecule has 4 rings (SSSR count). The summed E-state index contributed by atoms with van der Waals surface area (Å²) in [7, 11) is 0. The van der Waals surface area contributed by atoms with E-state index in [1.807, 2.05) is 18.2 Å². The first kappa shape index (κ1) is 16.0. The van der Waals surface area contributed by atoms with Gasteiger partial charge in [-0.15, -0.1) is 0 Å². The third-order valence-corrected chi connectivity index (χ3v) is 4.99. The molecule has 0 amide bonds. The lowest BCUT2D eigenvalue weighted by molar-refractivity contribution is 0.211. The van der Waals surface area contributed by atoms with E-state index < -0.39 is 0 Å². The quantitative estimate of drug-likeness (QED) is 0.781. The molecule has 1 atom stereocenters. The highest BCUT2D eigenvalue weighted by molar-refractivity contribution is 5.83. The summed E-state index contributed by atoms with van der Waals surface area (Å²) >= 11 is 0. The zero-order valence-corrected chi connectivity index (χ0v) is 13.8. The van der Waals surface area contributed by atoms with Gasteiger partial charge in [-0.25, -0.2) is 9.37 Å². The summed E-state index contributed by atoms with van der Waals surface area (Å²) < 4.78 is 15.2. The molecule has 2 heterocycles. The zero-order chi connectivity index (χ0) is 17.4. The minimum absolute atomic E-state index is 0.0376. The van der Waals surface area contributed by atoms with Crippen LogP contribution in [0.15, 0.2) is 47.3 Å². The third kappa shape index (κ3) is 2.96. The molecular formula is C20H19FN2O2. The van der Waals surface area contributed by atoms with E-state index in [9.17, 15) is 14.3 Å². The zero-order valence-electron chi connectivity index (χ0n) is 13.8. The Balaban J connectivity index is 1.83. The molecule has 0 saturated heterocycles. The van der Waals surface area contributed by atoms with E-state index in [0.717, 1.165) is 29.8 Å². The Bertz CT molecular complexity index is 997. The molecule has 0 bridgehead atoms. The van der Waals surface area contributed by atoms with Gasteiger partial charge < -0.3 is 5.11 Å². The van der Waals surface area contributed by atoms with E-state index in [-0.39, 0.29) is 23.9 Å². The van der Waals surface area contributed by atoms with Crippen LogP contribution >= 0.6 is 0 Å². The van der Waals surface area contributed by atoms with Gasteiger partial charge in [0.1, 0.15) is 11.6 Å². The largest absolute Gasteiger partial charge is 0.396 e. The number of fused-ring (bicyclic) bond motifs is 2. The molecule has 1 unspecified atom stereocenters. The molecule has 25 heavy (non-hydrogen) atoms. The second kappa shape index (κ2) is 6.41. The second-order valence-corrected chi connectivity index (χ2v) is 6.60. The maximum absolute atomic E-state index is 13.5. The summed E-state index contributed by atoms with van der Waals surface area (Å²) in [6.45, 7) is 0.736. The van der Waals surface area contributed by atoms with Crippen molar-refractivity contribution >= 4 is 10.9 Å². The lowest BCUT2D eigenvalue weighted by atomic mass is 10.0. The van der Waals surface area contributed by atoms with Gasteiger partial charge in [0.2, 0.25) is 0 Å². The van der Waals surface area contributed by atoms with Gasteiger partial charge in [0.25, 0.3) is 5.56 Å². The van der Waals surface area contributed by atoms with Crippen molar-refractivity contribution in [1.29, 1.82) is 0 Å². The molecule has 128 valence electrons. The molecule has 1 N–H and O–H groups in total. The lowest BCUT2D eigenvalue weighted by Gasteiger charge is -2.11. The van der Waals surface area contributed by atoms with Crippen LogP contribution in [0.25, 0.3) is 22.0 Å². The minimum atomic E-state index is -0.289. The van der Waals surface area contributed by atoms with Crippen molar-refractivity contribution in [2.75, 3.05) is 6.61 Å². The molecule has 4 nitrogen and oxygen atoms in total. The summed E-state index contributed by atoms with van der Waals surface area (Å²) in [6, 6.07) is 11.8. The van der Waals surface area contributed by atoms with Crippen LogP contribution in [-0.2, 0) is 13.0 Å².